The second-order valence-electron chi connectivity index (χ2n) is 3.46. The zero-order valence-corrected chi connectivity index (χ0v) is 8.88. The van der Waals surface area contributed by atoms with Crippen LogP contribution >= 0.6 is 0 Å². The number of nitrogens with two attached hydrogens (primary N) is 1. The topological polar surface area (TPSA) is 110 Å². The molecule has 4 N–H and O–H groups in total. The van der Waals surface area contributed by atoms with E-state index < -0.39 is 17.9 Å². The Kier molecular flexibility index (Phi) is 4.01. The first kappa shape index (κ1) is 12.2. The number of aromatic nitrogens is 2. The van der Waals surface area contributed by atoms with Gasteiger partial charge in [0.2, 0.25) is 5.91 Å². The number of aryl methyl sites for hydroxylation is 1. The van der Waals surface area contributed by atoms with Gasteiger partial charge in [0, 0.05) is 13.2 Å². The summed E-state index contributed by atoms with van der Waals surface area (Å²) in [5.74, 6) is -1.59. The number of carboxylic acid groups (broad SMARTS) is 1. The number of nitrogens with zero attached hydrogens (tertiary/aromatic N) is 2. The van der Waals surface area contributed by atoms with Crippen molar-refractivity contribution in [2.24, 2.45) is 12.8 Å². The van der Waals surface area contributed by atoms with Crippen LogP contribution < -0.4 is 11.1 Å². The van der Waals surface area contributed by atoms with Crippen molar-refractivity contribution in [2.45, 2.75) is 19.0 Å². The van der Waals surface area contributed by atoms with Gasteiger partial charge in [-0.2, -0.15) is 0 Å². The first-order valence-corrected chi connectivity index (χ1v) is 4.71. The molecule has 1 amide bonds. The van der Waals surface area contributed by atoms with Gasteiger partial charge in [-0.05, 0) is 0 Å². The molecule has 88 valence electrons. The van der Waals surface area contributed by atoms with E-state index in [0.717, 1.165) is 0 Å². The SMILES string of the molecule is Cn1cnc(CNC(=O)CC(N)C(=O)O)c1. The van der Waals surface area contributed by atoms with Crippen LogP contribution in [0.4, 0.5) is 0 Å². The smallest absolute Gasteiger partial charge is 0.321 e. The molecule has 0 radical (unpaired) electrons. The fourth-order valence-corrected chi connectivity index (χ4v) is 1.11. The molecular weight excluding hydrogens is 212 g/mol. The maximum Gasteiger partial charge on any atom is 0.321 e. The normalized spacial score (nSPS) is 12.1. The van der Waals surface area contributed by atoms with E-state index in [1.807, 2.05) is 7.05 Å². The predicted octanol–water partition coefficient (Wildman–Crippen LogP) is -1.16. The number of aliphatic carboxylic acids is 1. The summed E-state index contributed by atoms with van der Waals surface area (Å²) in [6.07, 6.45) is 3.14. The molecule has 0 fully saturated rings. The molecule has 1 rings (SSSR count). The van der Waals surface area contributed by atoms with Crippen LogP contribution in [0, 0.1) is 0 Å². The van der Waals surface area contributed by atoms with E-state index in [4.69, 9.17) is 10.8 Å². The first-order valence-electron chi connectivity index (χ1n) is 4.71. The van der Waals surface area contributed by atoms with E-state index in [-0.39, 0.29) is 13.0 Å². The average molecular weight is 226 g/mol. The lowest BCUT2D eigenvalue weighted by atomic mass is 10.2. The van der Waals surface area contributed by atoms with Crippen molar-refractivity contribution in [1.29, 1.82) is 0 Å². The van der Waals surface area contributed by atoms with E-state index in [0.29, 0.717) is 5.69 Å². The lowest BCUT2D eigenvalue weighted by Gasteiger charge is -2.06. The minimum absolute atomic E-state index is 0.234. The van der Waals surface area contributed by atoms with Crippen molar-refractivity contribution in [2.75, 3.05) is 0 Å². The second kappa shape index (κ2) is 5.26. The molecule has 1 atom stereocenters. The number of hydrogen-bond donors (Lipinski definition) is 3. The van der Waals surface area contributed by atoms with E-state index in [9.17, 15) is 9.59 Å². The molecule has 1 aromatic heterocycles. The first-order chi connectivity index (χ1) is 7.49. The number of imidazole rings is 1. The molecule has 0 saturated carbocycles. The summed E-state index contributed by atoms with van der Waals surface area (Å²) in [6, 6.07) is -1.16. The molecule has 16 heavy (non-hydrogen) atoms. The van der Waals surface area contributed by atoms with Crippen LogP contribution in [0.15, 0.2) is 12.5 Å². The van der Waals surface area contributed by atoms with Crippen LogP contribution in [0.1, 0.15) is 12.1 Å². The summed E-state index contributed by atoms with van der Waals surface area (Å²) in [7, 11) is 1.82. The summed E-state index contributed by atoms with van der Waals surface area (Å²) in [4.78, 5) is 25.6. The number of nitrogens with one attached hydrogen (secondary N) is 1. The third-order valence-electron chi connectivity index (χ3n) is 1.95. The lowest BCUT2D eigenvalue weighted by molar-refractivity contribution is -0.140. The number of rotatable bonds is 5. The summed E-state index contributed by atoms with van der Waals surface area (Å²) in [5.41, 5.74) is 5.92. The quantitative estimate of drug-likeness (QED) is 0.586. The van der Waals surface area contributed by atoms with Gasteiger partial charge in [0.15, 0.2) is 0 Å². The van der Waals surface area contributed by atoms with Crippen LogP contribution in [-0.2, 0) is 23.2 Å². The molecule has 0 aliphatic rings. The number of carbonyl (C=O) groups is 2. The summed E-state index contributed by atoms with van der Waals surface area (Å²) in [5, 5.41) is 11.0. The van der Waals surface area contributed by atoms with Gasteiger partial charge in [0.25, 0.3) is 0 Å². The van der Waals surface area contributed by atoms with Gasteiger partial charge < -0.3 is 20.7 Å². The third-order valence-corrected chi connectivity index (χ3v) is 1.95. The van der Waals surface area contributed by atoms with Gasteiger partial charge in [0.05, 0.1) is 25.0 Å². The average Bonchev–Trinajstić information content (AvgIpc) is 2.61. The molecular formula is C9H14N4O3. The van der Waals surface area contributed by atoms with Crippen LogP contribution in [-0.4, -0.2) is 32.6 Å². The van der Waals surface area contributed by atoms with E-state index in [1.54, 1.807) is 17.1 Å². The fourth-order valence-electron chi connectivity index (χ4n) is 1.11. The van der Waals surface area contributed by atoms with Gasteiger partial charge in [-0.1, -0.05) is 0 Å². The molecule has 7 heteroatoms. The number of hydrogen-bond acceptors (Lipinski definition) is 4. The maximum atomic E-state index is 11.2. The Labute approximate surface area is 92.3 Å². The molecule has 0 bridgehead atoms. The lowest BCUT2D eigenvalue weighted by Crippen LogP contribution is -2.36. The highest BCUT2D eigenvalue weighted by atomic mass is 16.4. The highest BCUT2D eigenvalue weighted by molar-refractivity contribution is 5.84. The zero-order valence-electron chi connectivity index (χ0n) is 8.88. The maximum absolute atomic E-state index is 11.2. The number of carboxylic acids is 1. The van der Waals surface area contributed by atoms with Crippen molar-refractivity contribution in [1.82, 2.24) is 14.9 Å². The molecule has 1 aromatic rings. The predicted molar refractivity (Wildman–Crippen MR) is 55.3 cm³/mol. The standard InChI is InChI=1S/C9H14N4O3/c1-13-4-6(12-5-13)3-11-8(14)2-7(10)9(15)16/h4-5,7H,2-3,10H2,1H3,(H,11,14)(H,15,16). The monoisotopic (exact) mass is 226 g/mol. The van der Waals surface area contributed by atoms with Crippen molar-refractivity contribution < 1.29 is 14.7 Å². The molecule has 0 saturated heterocycles. The Morgan fingerprint density at radius 3 is 2.88 bits per heavy atom. The van der Waals surface area contributed by atoms with Crippen LogP contribution in [0.5, 0.6) is 0 Å². The Morgan fingerprint density at radius 2 is 2.38 bits per heavy atom. The Hall–Kier alpha value is -1.89. The minimum Gasteiger partial charge on any atom is -0.480 e. The fraction of sp³-hybridized carbons (Fsp3) is 0.444. The Morgan fingerprint density at radius 1 is 1.69 bits per heavy atom. The number of amides is 1. The van der Waals surface area contributed by atoms with Crippen molar-refractivity contribution in [3.05, 3.63) is 18.2 Å². The third kappa shape index (κ3) is 3.70. The Bertz CT molecular complexity index is 388. The highest BCUT2D eigenvalue weighted by Gasteiger charge is 2.15. The Balaban J connectivity index is 2.33. The van der Waals surface area contributed by atoms with Gasteiger partial charge in [-0.15, -0.1) is 0 Å². The molecule has 0 aromatic carbocycles. The van der Waals surface area contributed by atoms with Gasteiger partial charge >= 0.3 is 5.97 Å². The minimum atomic E-state index is -1.19. The van der Waals surface area contributed by atoms with Gasteiger partial charge in [-0.3, -0.25) is 9.59 Å². The summed E-state index contributed by atoms with van der Waals surface area (Å²) >= 11 is 0. The van der Waals surface area contributed by atoms with Gasteiger partial charge in [-0.25, -0.2) is 4.98 Å². The number of carbonyl (C=O) groups excluding carboxylic acids is 1. The largest absolute Gasteiger partial charge is 0.480 e. The van der Waals surface area contributed by atoms with Crippen molar-refractivity contribution in [3.8, 4) is 0 Å². The molecule has 0 aliphatic heterocycles. The van der Waals surface area contributed by atoms with E-state index in [2.05, 4.69) is 10.3 Å². The van der Waals surface area contributed by atoms with Crippen molar-refractivity contribution >= 4 is 11.9 Å². The van der Waals surface area contributed by atoms with Gasteiger partial charge in [0.1, 0.15) is 6.04 Å². The molecule has 1 heterocycles. The van der Waals surface area contributed by atoms with Crippen LogP contribution in [0.3, 0.4) is 0 Å². The van der Waals surface area contributed by atoms with Crippen LogP contribution in [0.2, 0.25) is 0 Å². The molecule has 7 nitrogen and oxygen atoms in total. The molecule has 1 unspecified atom stereocenters. The highest BCUT2D eigenvalue weighted by Crippen LogP contribution is 1.94. The van der Waals surface area contributed by atoms with Crippen LogP contribution in [0.25, 0.3) is 0 Å². The molecule has 0 aliphatic carbocycles. The van der Waals surface area contributed by atoms with Crippen molar-refractivity contribution in [3.63, 3.8) is 0 Å². The molecule has 0 spiro atoms. The summed E-state index contributed by atoms with van der Waals surface area (Å²) in [6.45, 7) is 0.270. The zero-order chi connectivity index (χ0) is 12.1. The van der Waals surface area contributed by atoms with E-state index in [1.165, 1.54) is 0 Å². The van der Waals surface area contributed by atoms with E-state index >= 15 is 0 Å². The summed E-state index contributed by atoms with van der Waals surface area (Å²) < 4.78 is 1.75. The second-order valence-corrected chi connectivity index (χ2v) is 3.46.